The molecule has 8 rings (SSSR count). The summed E-state index contributed by atoms with van der Waals surface area (Å²) in [5.74, 6) is -3.01. The molecule has 0 spiro atoms. The van der Waals surface area contributed by atoms with Gasteiger partial charge < -0.3 is 0 Å². The van der Waals surface area contributed by atoms with E-state index < -0.39 is 39.9 Å². The Balaban J connectivity index is 1.52. The van der Waals surface area contributed by atoms with Gasteiger partial charge in [0.05, 0.1) is 37.9 Å². The quantitative estimate of drug-likeness (QED) is 0.116. The lowest BCUT2D eigenvalue weighted by atomic mass is 9.47. The van der Waals surface area contributed by atoms with Crippen molar-refractivity contribution in [3.63, 3.8) is 0 Å². The molecule has 4 aliphatic rings. The summed E-state index contributed by atoms with van der Waals surface area (Å²) in [5, 5.41) is 12.5. The zero-order valence-corrected chi connectivity index (χ0v) is 22.2. The first-order valence-electron chi connectivity index (χ1n) is 12.7. The molecule has 2 amide bonds. The first-order valence-corrected chi connectivity index (χ1v) is 13.4. The molecule has 1 aliphatic heterocycles. The number of nitrogens with zero attached hydrogens (tertiary/aromatic N) is 3. The van der Waals surface area contributed by atoms with E-state index in [1.54, 1.807) is 30.5 Å². The Morgan fingerprint density at radius 1 is 0.825 bits per heavy atom. The van der Waals surface area contributed by atoms with Crippen LogP contribution in [0, 0.1) is 22.0 Å². The lowest BCUT2D eigenvalue weighted by Gasteiger charge is -2.52. The Morgan fingerprint density at radius 2 is 1.45 bits per heavy atom. The number of nitro groups is 1. The second kappa shape index (κ2) is 8.84. The van der Waals surface area contributed by atoms with E-state index in [0.29, 0.717) is 10.7 Å². The molecule has 4 aromatic carbocycles. The predicted molar refractivity (Wildman–Crippen MR) is 153 cm³/mol. The Kier molecular flexibility index (Phi) is 5.46. The molecule has 0 radical (unpaired) electrons. The molecule has 7 nitrogen and oxygen atoms in total. The summed E-state index contributed by atoms with van der Waals surface area (Å²) in [6.07, 6.45) is 1.71. The molecule has 2 bridgehead atoms. The van der Waals surface area contributed by atoms with Crippen molar-refractivity contribution in [1.29, 1.82) is 0 Å². The molecule has 0 N–H and O–H groups in total. The van der Waals surface area contributed by atoms with Gasteiger partial charge in [0.25, 0.3) is 5.69 Å². The first-order chi connectivity index (χ1) is 19.4. The molecule has 9 heteroatoms. The first kappa shape index (κ1) is 24.7. The highest BCUT2D eigenvalue weighted by Gasteiger charge is 2.68. The largest absolute Gasteiger partial charge is 0.293 e. The Bertz CT molecular complexity index is 1760. The van der Waals surface area contributed by atoms with Gasteiger partial charge >= 0.3 is 0 Å². The van der Waals surface area contributed by atoms with Crippen molar-refractivity contribution in [3.05, 3.63) is 133 Å². The SMILES string of the molecule is O=C1C2C3c4ccccc4C(C=Nc4cccc(Cl)c4Cl)(c4ccccc43)C2C(=O)N1c1ccccc1[N+](=O)[O-]. The van der Waals surface area contributed by atoms with Gasteiger partial charge in [0.2, 0.25) is 11.8 Å². The van der Waals surface area contributed by atoms with Crippen LogP contribution in [0.2, 0.25) is 10.0 Å². The van der Waals surface area contributed by atoms with Crippen LogP contribution < -0.4 is 4.90 Å². The predicted octanol–water partition coefficient (Wildman–Crippen LogP) is 6.85. The van der Waals surface area contributed by atoms with Gasteiger partial charge in [0, 0.05) is 18.2 Å². The van der Waals surface area contributed by atoms with Crippen LogP contribution in [-0.4, -0.2) is 23.0 Å². The molecule has 2 unspecified atom stereocenters. The number of carbonyl (C=O) groups is 2. The number of halogens is 2. The Morgan fingerprint density at radius 3 is 2.12 bits per heavy atom. The molecular weight excluding hydrogens is 549 g/mol. The molecule has 0 aromatic heterocycles. The molecule has 1 heterocycles. The van der Waals surface area contributed by atoms with Gasteiger partial charge in [-0.3, -0.25) is 24.7 Å². The molecule has 0 saturated carbocycles. The monoisotopic (exact) mass is 567 g/mol. The highest BCUT2D eigenvalue weighted by Crippen LogP contribution is 2.64. The molecular formula is C31H19Cl2N3O4. The number of rotatable bonds is 4. The molecule has 1 fully saturated rings. The van der Waals surface area contributed by atoms with Crippen LogP contribution in [0.1, 0.15) is 28.2 Å². The Hall–Kier alpha value is -4.33. The van der Waals surface area contributed by atoms with Gasteiger partial charge in [0.15, 0.2) is 0 Å². The van der Waals surface area contributed by atoms with Crippen molar-refractivity contribution in [2.24, 2.45) is 16.8 Å². The van der Waals surface area contributed by atoms with E-state index in [-0.39, 0.29) is 16.4 Å². The fourth-order valence-corrected chi connectivity index (χ4v) is 7.20. The maximum Gasteiger partial charge on any atom is 0.293 e. The van der Waals surface area contributed by atoms with Crippen LogP contribution in [0.25, 0.3) is 0 Å². The second-order valence-corrected chi connectivity index (χ2v) is 10.9. The highest BCUT2D eigenvalue weighted by atomic mass is 35.5. The fraction of sp³-hybridized carbons (Fsp3) is 0.129. The van der Waals surface area contributed by atoms with E-state index in [0.717, 1.165) is 27.2 Å². The van der Waals surface area contributed by atoms with Crippen molar-refractivity contribution in [2.75, 3.05) is 4.90 Å². The molecule has 3 aliphatic carbocycles. The average Bonchev–Trinajstić information content (AvgIpc) is 3.24. The van der Waals surface area contributed by atoms with Crippen molar-refractivity contribution < 1.29 is 14.5 Å². The van der Waals surface area contributed by atoms with Crippen LogP contribution >= 0.6 is 23.2 Å². The smallest absolute Gasteiger partial charge is 0.274 e. The van der Waals surface area contributed by atoms with E-state index in [1.165, 1.54) is 18.2 Å². The summed E-state index contributed by atoms with van der Waals surface area (Å²) in [7, 11) is 0. The number of carbonyl (C=O) groups excluding carboxylic acids is 2. The number of anilines is 1. The number of hydrogen-bond donors (Lipinski definition) is 0. The van der Waals surface area contributed by atoms with E-state index in [1.807, 2.05) is 48.5 Å². The standard InChI is InChI=1S/C31H19Cl2N3O4/c32-21-12-7-13-22(28(21)33)34-16-31-19-10-3-1-8-17(19)25(18-9-2-4-11-20(18)31)26-27(31)30(38)35(29(26)37)23-14-5-6-15-24(23)36(39)40/h1-16,25-27H. The van der Waals surface area contributed by atoms with Crippen LogP contribution in [-0.2, 0) is 15.0 Å². The highest BCUT2D eigenvalue weighted by molar-refractivity contribution is 6.43. The fourth-order valence-electron chi connectivity index (χ4n) is 6.86. The molecule has 1 saturated heterocycles. The number of amides is 2. The molecule has 4 aromatic rings. The van der Waals surface area contributed by atoms with Crippen LogP contribution in [0.4, 0.5) is 17.1 Å². The lowest BCUT2D eigenvalue weighted by molar-refractivity contribution is -0.384. The number of para-hydroxylation sites is 2. The summed E-state index contributed by atoms with van der Waals surface area (Å²) >= 11 is 12.8. The van der Waals surface area contributed by atoms with Crippen molar-refractivity contribution in [3.8, 4) is 0 Å². The van der Waals surface area contributed by atoms with Gasteiger partial charge in [-0.2, -0.15) is 0 Å². The van der Waals surface area contributed by atoms with Crippen molar-refractivity contribution in [2.45, 2.75) is 11.3 Å². The maximum atomic E-state index is 14.4. The minimum atomic E-state index is -1.14. The minimum absolute atomic E-state index is 0.0330. The normalized spacial score (nSPS) is 24.2. The zero-order chi connectivity index (χ0) is 27.8. The molecule has 2 atom stereocenters. The second-order valence-electron chi connectivity index (χ2n) is 10.1. The lowest BCUT2D eigenvalue weighted by Crippen LogP contribution is -2.54. The van der Waals surface area contributed by atoms with Crippen molar-refractivity contribution in [1.82, 2.24) is 0 Å². The van der Waals surface area contributed by atoms with E-state index in [2.05, 4.69) is 0 Å². The van der Waals surface area contributed by atoms with Gasteiger partial charge in [-0.1, -0.05) is 89.9 Å². The van der Waals surface area contributed by atoms with E-state index >= 15 is 0 Å². The van der Waals surface area contributed by atoms with E-state index in [4.69, 9.17) is 28.2 Å². The minimum Gasteiger partial charge on any atom is -0.274 e. The third-order valence-electron chi connectivity index (χ3n) is 8.34. The maximum absolute atomic E-state index is 14.4. The summed E-state index contributed by atoms with van der Waals surface area (Å²) in [5.41, 5.74) is 2.54. The number of hydrogen-bond acceptors (Lipinski definition) is 5. The zero-order valence-electron chi connectivity index (χ0n) is 20.7. The number of nitro benzene ring substituents is 1. The average molecular weight is 568 g/mol. The number of benzene rings is 4. The van der Waals surface area contributed by atoms with Crippen molar-refractivity contribution >= 4 is 58.3 Å². The molecule has 196 valence electrons. The third kappa shape index (κ3) is 3.16. The Labute approximate surface area is 238 Å². The van der Waals surface area contributed by atoms with Gasteiger partial charge in [-0.15, -0.1) is 0 Å². The third-order valence-corrected chi connectivity index (χ3v) is 9.15. The molecule has 40 heavy (non-hydrogen) atoms. The van der Waals surface area contributed by atoms with Gasteiger partial charge in [-0.25, -0.2) is 4.90 Å². The topological polar surface area (TPSA) is 92.9 Å². The van der Waals surface area contributed by atoms with Gasteiger partial charge in [-0.05, 0) is 40.5 Å². The van der Waals surface area contributed by atoms with Crippen LogP contribution in [0.3, 0.4) is 0 Å². The number of imide groups is 1. The summed E-state index contributed by atoms with van der Waals surface area (Å²) < 4.78 is 0. The summed E-state index contributed by atoms with van der Waals surface area (Å²) in [6, 6.07) is 26.5. The summed E-state index contributed by atoms with van der Waals surface area (Å²) in [4.78, 5) is 45.8. The summed E-state index contributed by atoms with van der Waals surface area (Å²) in [6.45, 7) is 0. The van der Waals surface area contributed by atoms with E-state index in [9.17, 15) is 19.7 Å². The van der Waals surface area contributed by atoms with Crippen LogP contribution in [0.5, 0.6) is 0 Å². The van der Waals surface area contributed by atoms with Crippen LogP contribution in [0.15, 0.2) is 96.0 Å². The van der Waals surface area contributed by atoms with Gasteiger partial charge in [0.1, 0.15) is 5.69 Å². The number of aliphatic imine (C=N–C) groups is 1.